The summed E-state index contributed by atoms with van der Waals surface area (Å²) in [7, 11) is 0. The second-order valence-electron chi connectivity index (χ2n) is 2.15. The molecule has 2 heterocycles. The number of nitrogens with zero attached hydrogens (tertiary/aromatic N) is 4. The van der Waals surface area contributed by atoms with Crippen LogP contribution in [0.2, 0.25) is 0 Å². The molecule has 0 saturated heterocycles. The molecular formula is C7H5BrN4. The lowest BCUT2D eigenvalue weighted by molar-refractivity contribution is 0.830. The van der Waals surface area contributed by atoms with Crippen LogP contribution in [0.4, 0.5) is 0 Å². The van der Waals surface area contributed by atoms with Crippen molar-refractivity contribution in [1.82, 2.24) is 19.7 Å². The molecule has 0 spiro atoms. The molecule has 2 rings (SSSR count). The fraction of sp³-hybridized carbons (Fsp3) is 0. The van der Waals surface area contributed by atoms with Gasteiger partial charge in [-0.2, -0.15) is 5.10 Å². The van der Waals surface area contributed by atoms with Crippen LogP contribution in [0.1, 0.15) is 0 Å². The van der Waals surface area contributed by atoms with E-state index in [1.165, 1.54) is 0 Å². The fourth-order valence-corrected chi connectivity index (χ4v) is 1.13. The van der Waals surface area contributed by atoms with E-state index in [0.717, 1.165) is 4.60 Å². The van der Waals surface area contributed by atoms with Gasteiger partial charge < -0.3 is 0 Å². The monoisotopic (exact) mass is 224 g/mol. The molecule has 4 nitrogen and oxygen atoms in total. The molecule has 0 fully saturated rings. The van der Waals surface area contributed by atoms with Gasteiger partial charge in [0.15, 0.2) is 5.82 Å². The van der Waals surface area contributed by atoms with Crippen LogP contribution in [0.25, 0.3) is 5.82 Å². The Balaban J connectivity index is 2.45. The molecule has 2 aromatic rings. The fourth-order valence-electron chi connectivity index (χ4n) is 0.839. The van der Waals surface area contributed by atoms with Crippen molar-refractivity contribution in [2.24, 2.45) is 0 Å². The first-order valence-corrected chi connectivity index (χ1v) is 4.13. The van der Waals surface area contributed by atoms with E-state index < -0.39 is 0 Å². The van der Waals surface area contributed by atoms with Gasteiger partial charge in [0, 0.05) is 18.6 Å². The van der Waals surface area contributed by atoms with E-state index in [9.17, 15) is 0 Å². The summed E-state index contributed by atoms with van der Waals surface area (Å²) in [5.74, 6) is 0.711. The van der Waals surface area contributed by atoms with Gasteiger partial charge >= 0.3 is 0 Å². The minimum Gasteiger partial charge on any atom is -0.259 e. The van der Waals surface area contributed by atoms with Crippen LogP contribution >= 0.6 is 15.9 Å². The van der Waals surface area contributed by atoms with Gasteiger partial charge in [0.1, 0.15) is 4.60 Å². The zero-order valence-corrected chi connectivity index (χ0v) is 7.64. The quantitative estimate of drug-likeness (QED) is 0.737. The lowest BCUT2D eigenvalue weighted by Gasteiger charge is -1.95. The molecule has 0 saturated carbocycles. The molecule has 0 unspecified atom stereocenters. The largest absolute Gasteiger partial charge is 0.259 e. The van der Waals surface area contributed by atoms with Gasteiger partial charge in [-0.05, 0) is 22.0 Å². The molecule has 0 aromatic carbocycles. The van der Waals surface area contributed by atoms with Gasteiger partial charge in [-0.3, -0.25) is 4.98 Å². The Morgan fingerprint density at radius 3 is 2.83 bits per heavy atom. The van der Waals surface area contributed by atoms with E-state index in [1.807, 2.05) is 12.3 Å². The van der Waals surface area contributed by atoms with Crippen LogP contribution in [0, 0.1) is 0 Å². The third kappa shape index (κ3) is 1.35. The van der Waals surface area contributed by atoms with Crippen molar-refractivity contribution in [3.63, 3.8) is 0 Å². The second kappa shape index (κ2) is 3.02. The predicted molar refractivity (Wildman–Crippen MR) is 46.9 cm³/mol. The Bertz CT molecular complexity index is 370. The van der Waals surface area contributed by atoms with Gasteiger partial charge in [0.25, 0.3) is 0 Å². The number of rotatable bonds is 1. The summed E-state index contributed by atoms with van der Waals surface area (Å²) < 4.78 is 2.44. The summed E-state index contributed by atoms with van der Waals surface area (Å²) in [6, 6.07) is 1.84. The molecule has 60 valence electrons. The average Bonchev–Trinajstić information content (AvgIpc) is 2.54. The molecular weight excluding hydrogens is 220 g/mol. The summed E-state index contributed by atoms with van der Waals surface area (Å²) in [6.07, 6.45) is 6.72. The van der Waals surface area contributed by atoms with Gasteiger partial charge in [0.2, 0.25) is 0 Å². The maximum absolute atomic E-state index is 4.11. The van der Waals surface area contributed by atoms with Crippen LogP contribution in [0.5, 0.6) is 0 Å². The van der Waals surface area contributed by atoms with Crippen molar-refractivity contribution >= 4 is 15.9 Å². The number of hydrogen-bond acceptors (Lipinski definition) is 3. The van der Waals surface area contributed by atoms with E-state index in [-0.39, 0.29) is 0 Å². The minimum atomic E-state index is 0.711. The highest BCUT2D eigenvalue weighted by atomic mass is 79.9. The summed E-state index contributed by atoms with van der Waals surface area (Å²) in [4.78, 5) is 8.01. The van der Waals surface area contributed by atoms with E-state index in [0.29, 0.717) is 5.82 Å². The maximum atomic E-state index is 4.11. The van der Waals surface area contributed by atoms with Crippen molar-refractivity contribution in [1.29, 1.82) is 0 Å². The predicted octanol–water partition coefficient (Wildman–Crippen LogP) is 1.42. The molecule has 0 amide bonds. The minimum absolute atomic E-state index is 0.711. The lowest BCUT2D eigenvalue weighted by Crippen LogP contribution is -1.97. The zero-order chi connectivity index (χ0) is 8.39. The molecule has 0 aliphatic rings. The average molecular weight is 225 g/mol. The lowest BCUT2D eigenvalue weighted by atomic mass is 10.6. The SMILES string of the molecule is Brc1ccn(-c2cnccn2)n1. The molecule has 5 heteroatoms. The zero-order valence-electron chi connectivity index (χ0n) is 6.05. The first-order chi connectivity index (χ1) is 5.86. The number of hydrogen-bond donors (Lipinski definition) is 0. The molecule has 0 atom stereocenters. The van der Waals surface area contributed by atoms with Gasteiger partial charge in [-0.15, -0.1) is 0 Å². The molecule has 0 N–H and O–H groups in total. The Morgan fingerprint density at radius 1 is 1.33 bits per heavy atom. The van der Waals surface area contributed by atoms with Crippen molar-refractivity contribution in [2.45, 2.75) is 0 Å². The summed E-state index contributed by atoms with van der Waals surface area (Å²) in [6.45, 7) is 0. The van der Waals surface area contributed by atoms with Crippen molar-refractivity contribution in [2.75, 3.05) is 0 Å². The Morgan fingerprint density at radius 2 is 2.25 bits per heavy atom. The standard InChI is InChI=1S/C7H5BrN4/c8-6-1-4-12(11-6)7-5-9-2-3-10-7/h1-5H. The summed E-state index contributed by atoms with van der Waals surface area (Å²) in [5.41, 5.74) is 0. The second-order valence-corrected chi connectivity index (χ2v) is 2.96. The van der Waals surface area contributed by atoms with Crippen LogP contribution in [0.15, 0.2) is 35.5 Å². The summed E-state index contributed by atoms with van der Waals surface area (Å²) >= 11 is 3.25. The Labute approximate surface area is 77.4 Å². The number of halogens is 1. The Hall–Kier alpha value is -1.23. The van der Waals surface area contributed by atoms with E-state index in [4.69, 9.17) is 0 Å². The third-order valence-electron chi connectivity index (χ3n) is 1.34. The highest BCUT2D eigenvalue weighted by Gasteiger charge is 1.97. The Kier molecular flexibility index (Phi) is 1.87. The highest BCUT2D eigenvalue weighted by Crippen LogP contribution is 2.07. The first-order valence-electron chi connectivity index (χ1n) is 3.34. The van der Waals surface area contributed by atoms with Crippen LogP contribution in [0.3, 0.4) is 0 Å². The normalized spacial score (nSPS) is 10.1. The molecule has 2 aromatic heterocycles. The van der Waals surface area contributed by atoms with Crippen LogP contribution in [-0.2, 0) is 0 Å². The van der Waals surface area contributed by atoms with E-state index >= 15 is 0 Å². The molecule has 0 aliphatic carbocycles. The first kappa shape index (κ1) is 7.42. The van der Waals surface area contributed by atoms with Crippen molar-refractivity contribution in [3.8, 4) is 5.82 Å². The van der Waals surface area contributed by atoms with E-state index in [2.05, 4.69) is 31.0 Å². The van der Waals surface area contributed by atoms with E-state index in [1.54, 1.807) is 23.3 Å². The van der Waals surface area contributed by atoms with Gasteiger partial charge in [-0.1, -0.05) is 0 Å². The molecule has 0 bridgehead atoms. The maximum Gasteiger partial charge on any atom is 0.171 e. The van der Waals surface area contributed by atoms with Gasteiger partial charge in [0.05, 0.1) is 6.20 Å². The summed E-state index contributed by atoms with van der Waals surface area (Å²) in [5, 5.41) is 4.11. The third-order valence-corrected chi connectivity index (χ3v) is 1.76. The van der Waals surface area contributed by atoms with Gasteiger partial charge in [-0.25, -0.2) is 9.67 Å². The molecule has 12 heavy (non-hydrogen) atoms. The smallest absolute Gasteiger partial charge is 0.171 e. The van der Waals surface area contributed by atoms with Crippen molar-refractivity contribution < 1.29 is 0 Å². The van der Waals surface area contributed by atoms with Crippen LogP contribution < -0.4 is 0 Å². The topological polar surface area (TPSA) is 43.6 Å². The molecule has 0 radical (unpaired) electrons. The highest BCUT2D eigenvalue weighted by molar-refractivity contribution is 9.10. The number of aromatic nitrogens is 4. The van der Waals surface area contributed by atoms with Crippen molar-refractivity contribution in [3.05, 3.63) is 35.5 Å². The molecule has 0 aliphatic heterocycles. The van der Waals surface area contributed by atoms with Crippen LogP contribution in [-0.4, -0.2) is 19.7 Å².